The molecule has 1 aromatic heterocycles. The molecule has 1 fully saturated rings. The highest BCUT2D eigenvalue weighted by molar-refractivity contribution is 5.86. The first-order valence-corrected chi connectivity index (χ1v) is 6.16. The van der Waals surface area contributed by atoms with Gasteiger partial charge in [-0.05, 0) is 36.6 Å². The first kappa shape index (κ1) is 13.9. The van der Waals surface area contributed by atoms with Crippen molar-refractivity contribution < 1.29 is 9.84 Å². The fraction of sp³-hybridized carbons (Fsp3) is 0.357. The quantitative estimate of drug-likeness (QED) is 0.887. The van der Waals surface area contributed by atoms with E-state index in [2.05, 4.69) is 16.4 Å². The Morgan fingerprint density at radius 3 is 2.95 bits per heavy atom. The number of phenols is 1. The summed E-state index contributed by atoms with van der Waals surface area (Å²) in [4.78, 5) is 4.31. The second-order valence-corrected chi connectivity index (χ2v) is 4.63. The molecule has 1 aliphatic rings. The van der Waals surface area contributed by atoms with Gasteiger partial charge in [-0.15, -0.1) is 12.4 Å². The molecule has 0 aliphatic carbocycles. The van der Waals surface area contributed by atoms with Gasteiger partial charge in [-0.25, -0.2) is 0 Å². The Morgan fingerprint density at radius 1 is 1.42 bits per heavy atom. The van der Waals surface area contributed by atoms with E-state index in [1.54, 1.807) is 13.2 Å². The molecule has 0 spiro atoms. The highest BCUT2D eigenvalue weighted by atomic mass is 35.5. The van der Waals surface area contributed by atoms with E-state index in [1.807, 2.05) is 12.3 Å². The Morgan fingerprint density at radius 2 is 2.26 bits per heavy atom. The number of benzene rings is 1. The van der Waals surface area contributed by atoms with Gasteiger partial charge in [-0.2, -0.15) is 0 Å². The molecule has 1 atom stereocenters. The van der Waals surface area contributed by atoms with Crippen LogP contribution in [0.1, 0.15) is 17.9 Å². The normalized spacial score (nSPS) is 18.3. The van der Waals surface area contributed by atoms with Crippen LogP contribution >= 0.6 is 12.4 Å². The molecule has 19 heavy (non-hydrogen) atoms. The summed E-state index contributed by atoms with van der Waals surface area (Å²) in [5, 5.41) is 14.2. The van der Waals surface area contributed by atoms with Crippen LogP contribution in [0.25, 0.3) is 10.9 Å². The lowest BCUT2D eigenvalue weighted by Crippen LogP contribution is -2.08. The van der Waals surface area contributed by atoms with Gasteiger partial charge >= 0.3 is 0 Å². The Balaban J connectivity index is 0.00000133. The van der Waals surface area contributed by atoms with Crippen LogP contribution in [0.3, 0.4) is 0 Å². The van der Waals surface area contributed by atoms with Crippen molar-refractivity contribution >= 4 is 23.3 Å². The topological polar surface area (TPSA) is 54.4 Å². The van der Waals surface area contributed by atoms with Gasteiger partial charge in [0.25, 0.3) is 0 Å². The third-order valence-corrected chi connectivity index (χ3v) is 3.58. The van der Waals surface area contributed by atoms with Crippen molar-refractivity contribution in [1.29, 1.82) is 0 Å². The average Bonchev–Trinajstić information content (AvgIpc) is 2.90. The molecule has 0 amide bonds. The van der Waals surface area contributed by atoms with Crippen LogP contribution in [0.2, 0.25) is 0 Å². The smallest absolute Gasteiger partial charge is 0.161 e. The monoisotopic (exact) mass is 280 g/mol. The van der Waals surface area contributed by atoms with Gasteiger partial charge in [-0.1, -0.05) is 0 Å². The minimum Gasteiger partial charge on any atom is -0.504 e. The lowest BCUT2D eigenvalue weighted by atomic mass is 9.95. The number of phenolic OH excluding ortho intramolecular Hbond substituents is 1. The Bertz CT molecular complexity index is 583. The molecule has 0 radical (unpaired) electrons. The van der Waals surface area contributed by atoms with Crippen LogP contribution < -0.4 is 10.1 Å². The highest BCUT2D eigenvalue weighted by Crippen LogP contribution is 2.35. The van der Waals surface area contributed by atoms with E-state index in [1.165, 1.54) is 5.56 Å². The fourth-order valence-corrected chi connectivity index (χ4v) is 2.62. The van der Waals surface area contributed by atoms with Crippen LogP contribution in [0.4, 0.5) is 0 Å². The SMILES string of the molecule is COc1cc2c(C3CCNC3)ccnc2cc1O.Cl. The summed E-state index contributed by atoms with van der Waals surface area (Å²) in [6, 6.07) is 5.61. The molecule has 2 aromatic rings. The molecule has 1 aromatic carbocycles. The lowest BCUT2D eigenvalue weighted by Gasteiger charge is -2.13. The Labute approximate surface area is 118 Å². The van der Waals surface area contributed by atoms with Crippen molar-refractivity contribution in [3.8, 4) is 11.5 Å². The molecule has 1 saturated heterocycles. The van der Waals surface area contributed by atoms with E-state index in [4.69, 9.17) is 4.74 Å². The van der Waals surface area contributed by atoms with Crippen LogP contribution in [0.15, 0.2) is 24.4 Å². The molecule has 5 heteroatoms. The van der Waals surface area contributed by atoms with Gasteiger partial charge in [0.2, 0.25) is 0 Å². The molecular formula is C14H17ClN2O2. The van der Waals surface area contributed by atoms with E-state index < -0.39 is 0 Å². The number of aromatic nitrogens is 1. The molecule has 2 heterocycles. The summed E-state index contributed by atoms with van der Waals surface area (Å²) < 4.78 is 5.18. The zero-order chi connectivity index (χ0) is 12.5. The number of rotatable bonds is 2. The summed E-state index contributed by atoms with van der Waals surface area (Å²) in [5.74, 6) is 1.16. The standard InChI is InChI=1S/C14H16N2O2.ClH/c1-18-14-6-11-10(9-2-4-15-8-9)3-5-16-12(11)7-13(14)17;/h3,5-7,9,15,17H,2,4,8H2,1H3;1H. The van der Waals surface area contributed by atoms with Gasteiger partial charge in [0.1, 0.15) is 0 Å². The minimum atomic E-state index is 0. The number of hydrogen-bond donors (Lipinski definition) is 2. The number of hydrogen-bond acceptors (Lipinski definition) is 4. The van der Waals surface area contributed by atoms with E-state index >= 15 is 0 Å². The summed E-state index contributed by atoms with van der Waals surface area (Å²) in [6.07, 6.45) is 2.95. The fourth-order valence-electron chi connectivity index (χ4n) is 2.62. The molecule has 1 unspecified atom stereocenters. The number of ether oxygens (including phenoxy) is 1. The second-order valence-electron chi connectivity index (χ2n) is 4.63. The zero-order valence-electron chi connectivity index (χ0n) is 10.7. The maximum Gasteiger partial charge on any atom is 0.161 e. The van der Waals surface area contributed by atoms with Crippen LogP contribution in [0.5, 0.6) is 11.5 Å². The van der Waals surface area contributed by atoms with Gasteiger partial charge in [-0.3, -0.25) is 4.98 Å². The number of nitrogens with zero attached hydrogens (tertiary/aromatic N) is 1. The van der Waals surface area contributed by atoms with Crippen molar-refractivity contribution in [3.05, 3.63) is 30.0 Å². The molecule has 1 aliphatic heterocycles. The number of pyridine rings is 1. The first-order valence-electron chi connectivity index (χ1n) is 6.16. The van der Waals surface area contributed by atoms with Crippen molar-refractivity contribution in [2.75, 3.05) is 20.2 Å². The number of fused-ring (bicyclic) bond motifs is 1. The predicted octanol–water partition coefficient (Wildman–Crippen LogP) is 2.45. The van der Waals surface area contributed by atoms with Gasteiger partial charge < -0.3 is 15.2 Å². The largest absolute Gasteiger partial charge is 0.504 e. The summed E-state index contributed by atoms with van der Waals surface area (Å²) in [6.45, 7) is 2.06. The van der Waals surface area contributed by atoms with E-state index in [0.29, 0.717) is 11.7 Å². The number of aromatic hydroxyl groups is 1. The zero-order valence-corrected chi connectivity index (χ0v) is 11.5. The van der Waals surface area contributed by atoms with Crippen molar-refractivity contribution in [1.82, 2.24) is 10.3 Å². The van der Waals surface area contributed by atoms with E-state index in [9.17, 15) is 5.11 Å². The third kappa shape index (κ3) is 2.46. The van der Waals surface area contributed by atoms with Crippen molar-refractivity contribution in [3.63, 3.8) is 0 Å². The molecule has 0 saturated carbocycles. The lowest BCUT2D eigenvalue weighted by molar-refractivity contribution is 0.374. The molecule has 4 nitrogen and oxygen atoms in total. The minimum absolute atomic E-state index is 0. The molecule has 3 rings (SSSR count). The van der Waals surface area contributed by atoms with Gasteiger partial charge in [0.05, 0.1) is 12.6 Å². The average molecular weight is 281 g/mol. The third-order valence-electron chi connectivity index (χ3n) is 3.58. The molecule has 2 N–H and O–H groups in total. The summed E-state index contributed by atoms with van der Waals surface area (Å²) >= 11 is 0. The Kier molecular flexibility index (Phi) is 4.12. The molecular weight excluding hydrogens is 264 g/mol. The Hall–Kier alpha value is -1.52. The molecule has 0 bridgehead atoms. The van der Waals surface area contributed by atoms with Crippen molar-refractivity contribution in [2.24, 2.45) is 0 Å². The van der Waals surface area contributed by atoms with Crippen LogP contribution in [-0.4, -0.2) is 30.3 Å². The van der Waals surface area contributed by atoms with E-state index in [-0.39, 0.29) is 18.2 Å². The van der Waals surface area contributed by atoms with Gasteiger partial charge in [0, 0.05) is 24.2 Å². The van der Waals surface area contributed by atoms with E-state index in [0.717, 1.165) is 30.4 Å². The number of methoxy groups -OCH3 is 1. The highest BCUT2D eigenvalue weighted by Gasteiger charge is 2.19. The van der Waals surface area contributed by atoms with Crippen LogP contribution in [0, 0.1) is 0 Å². The second kappa shape index (κ2) is 5.63. The van der Waals surface area contributed by atoms with Crippen molar-refractivity contribution in [2.45, 2.75) is 12.3 Å². The molecule has 102 valence electrons. The summed E-state index contributed by atoms with van der Waals surface area (Å²) in [5.41, 5.74) is 2.10. The van der Waals surface area contributed by atoms with Crippen LogP contribution in [-0.2, 0) is 0 Å². The van der Waals surface area contributed by atoms with Gasteiger partial charge in [0.15, 0.2) is 11.5 Å². The number of nitrogens with one attached hydrogen (secondary N) is 1. The number of halogens is 1. The first-order chi connectivity index (χ1) is 8.79. The summed E-state index contributed by atoms with van der Waals surface area (Å²) in [7, 11) is 1.56. The predicted molar refractivity (Wildman–Crippen MR) is 77.4 cm³/mol. The maximum absolute atomic E-state index is 9.79. The maximum atomic E-state index is 9.79.